The first kappa shape index (κ1) is 17.0. The van der Waals surface area contributed by atoms with Gasteiger partial charge >= 0.3 is 0 Å². The van der Waals surface area contributed by atoms with E-state index in [1.54, 1.807) is 30.3 Å². The molecule has 5 aromatic rings. The maximum absolute atomic E-state index is 13.4. The number of H-pyrrole nitrogens is 1. The molecule has 0 aliphatic heterocycles. The normalized spacial score (nSPS) is 11.6. The topological polar surface area (TPSA) is 75.1 Å². The smallest absolute Gasteiger partial charge is 0.196 e. The Morgan fingerprint density at radius 3 is 2.32 bits per heavy atom. The molecule has 0 radical (unpaired) electrons. The predicted molar refractivity (Wildman–Crippen MR) is 118 cm³/mol. The summed E-state index contributed by atoms with van der Waals surface area (Å²) in [5.74, 6) is 0. The highest BCUT2D eigenvalue weighted by Gasteiger charge is 2.18. The van der Waals surface area contributed by atoms with E-state index < -0.39 is 0 Å². The van der Waals surface area contributed by atoms with E-state index in [-0.39, 0.29) is 10.9 Å². The number of aromatic amines is 1. The van der Waals surface area contributed by atoms with Gasteiger partial charge in [-0.1, -0.05) is 52.3 Å². The minimum absolute atomic E-state index is 0.161. The lowest BCUT2D eigenvalue weighted by Crippen LogP contribution is -2.16. The van der Waals surface area contributed by atoms with E-state index in [2.05, 4.69) is 26.2 Å². The Balaban J connectivity index is 2.07. The third-order valence-electron chi connectivity index (χ3n) is 4.94. The zero-order valence-corrected chi connectivity index (χ0v) is 16.3. The number of alkyl halides is 1. The Labute approximate surface area is 167 Å². The largest absolute Gasteiger partial charge is 0.453 e. The Hall–Kier alpha value is -3.12. The van der Waals surface area contributed by atoms with Gasteiger partial charge in [-0.3, -0.25) is 9.59 Å². The monoisotopic (exact) mass is 434 g/mol. The molecule has 0 saturated carbocycles. The second kappa shape index (κ2) is 6.49. The van der Waals surface area contributed by atoms with Gasteiger partial charge in [0, 0.05) is 34.4 Å². The van der Waals surface area contributed by atoms with Crippen LogP contribution in [0.2, 0.25) is 0 Å². The van der Waals surface area contributed by atoms with Gasteiger partial charge in [-0.15, -0.1) is 0 Å². The number of hydrogen-bond acceptors (Lipinski definition) is 4. The SMILES string of the molecule is O=c1c2ccccc2c(=O)c2c1c(NCCBr)cc1oc3ccccc3[nH]c12. The van der Waals surface area contributed by atoms with Gasteiger partial charge in [0.2, 0.25) is 0 Å². The molecule has 0 unspecified atom stereocenters. The van der Waals surface area contributed by atoms with Crippen molar-refractivity contribution in [1.82, 2.24) is 4.98 Å². The third kappa shape index (κ3) is 2.45. The number of fused-ring (bicyclic) bond motifs is 5. The van der Waals surface area contributed by atoms with Gasteiger partial charge in [-0.05, 0) is 12.1 Å². The number of benzene rings is 4. The van der Waals surface area contributed by atoms with Crippen LogP contribution in [0.4, 0.5) is 5.69 Å². The number of rotatable bonds is 3. The second-order valence-electron chi connectivity index (χ2n) is 6.59. The van der Waals surface area contributed by atoms with Crippen LogP contribution in [0.25, 0.3) is 43.7 Å². The summed E-state index contributed by atoms with van der Waals surface area (Å²) in [5.41, 5.74) is 2.75. The predicted octanol–water partition coefficient (Wildman–Crippen LogP) is 4.75. The van der Waals surface area contributed by atoms with E-state index in [1.807, 2.05) is 24.3 Å². The molecule has 28 heavy (non-hydrogen) atoms. The molecule has 1 aromatic heterocycles. The number of aromatic nitrogens is 1. The lowest BCUT2D eigenvalue weighted by molar-refractivity contribution is 0.657. The summed E-state index contributed by atoms with van der Waals surface area (Å²) in [6.07, 6.45) is 0. The highest BCUT2D eigenvalue weighted by molar-refractivity contribution is 9.09. The summed E-state index contributed by atoms with van der Waals surface area (Å²) in [4.78, 5) is 30.0. The molecule has 0 atom stereocenters. The fourth-order valence-electron chi connectivity index (χ4n) is 3.71. The first-order valence-corrected chi connectivity index (χ1v) is 10.0. The van der Waals surface area contributed by atoms with Gasteiger partial charge in [-0.25, -0.2) is 0 Å². The first-order chi connectivity index (χ1) is 13.7. The van der Waals surface area contributed by atoms with Crippen LogP contribution in [-0.4, -0.2) is 16.9 Å². The number of hydrogen-bond donors (Lipinski definition) is 2. The van der Waals surface area contributed by atoms with Gasteiger partial charge in [0.15, 0.2) is 22.0 Å². The number of nitrogens with one attached hydrogen (secondary N) is 2. The lowest BCUT2D eigenvalue weighted by atomic mass is 9.99. The highest BCUT2D eigenvalue weighted by atomic mass is 79.9. The average molecular weight is 435 g/mol. The van der Waals surface area contributed by atoms with E-state index >= 15 is 0 Å². The molecule has 0 aliphatic carbocycles. The zero-order chi connectivity index (χ0) is 19.3. The maximum atomic E-state index is 13.4. The molecule has 0 saturated heterocycles. The minimum Gasteiger partial charge on any atom is -0.453 e. The third-order valence-corrected chi connectivity index (χ3v) is 5.33. The second-order valence-corrected chi connectivity index (χ2v) is 7.38. The number of anilines is 1. The molecule has 0 bridgehead atoms. The fraction of sp³-hybridized carbons (Fsp3) is 0.0909. The molecule has 6 heteroatoms. The molecule has 4 aromatic carbocycles. The van der Waals surface area contributed by atoms with Crippen LogP contribution < -0.4 is 16.2 Å². The molecule has 5 nitrogen and oxygen atoms in total. The van der Waals surface area contributed by atoms with E-state index in [0.717, 1.165) is 5.52 Å². The molecule has 0 aliphatic rings. The van der Waals surface area contributed by atoms with Gasteiger partial charge in [0.1, 0.15) is 0 Å². The molecule has 0 fully saturated rings. The Kier molecular flexibility index (Phi) is 3.94. The van der Waals surface area contributed by atoms with Crippen molar-refractivity contribution in [2.24, 2.45) is 0 Å². The average Bonchev–Trinajstić information content (AvgIpc) is 2.73. The summed E-state index contributed by atoms with van der Waals surface area (Å²) < 4.78 is 6.06. The molecule has 0 spiro atoms. The van der Waals surface area contributed by atoms with E-state index in [1.165, 1.54) is 0 Å². The van der Waals surface area contributed by atoms with Crippen molar-refractivity contribution in [2.75, 3.05) is 17.2 Å². The Morgan fingerprint density at radius 1 is 0.893 bits per heavy atom. The summed E-state index contributed by atoms with van der Waals surface area (Å²) in [5, 5.41) is 5.55. The van der Waals surface area contributed by atoms with Crippen molar-refractivity contribution in [3.63, 3.8) is 0 Å². The van der Waals surface area contributed by atoms with Crippen LogP contribution in [0, 0.1) is 0 Å². The van der Waals surface area contributed by atoms with Crippen molar-refractivity contribution in [3.05, 3.63) is 75.0 Å². The molecule has 1 heterocycles. The lowest BCUT2D eigenvalue weighted by Gasteiger charge is -2.12. The summed E-state index contributed by atoms with van der Waals surface area (Å²) >= 11 is 3.39. The summed E-state index contributed by atoms with van der Waals surface area (Å²) in [7, 11) is 0. The van der Waals surface area contributed by atoms with Gasteiger partial charge < -0.3 is 14.7 Å². The summed E-state index contributed by atoms with van der Waals surface area (Å²) in [6, 6.07) is 16.2. The van der Waals surface area contributed by atoms with Crippen molar-refractivity contribution in [3.8, 4) is 0 Å². The molecule has 5 rings (SSSR count). The molecule has 2 N–H and O–H groups in total. The van der Waals surface area contributed by atoms with Crippen LogP contribution in [0.15, 0.2) is 68.6 Å². The molecule has 138 valence electrons. The van der Waals surface area contributed by atoms with Crippen molar-refractivity contribution in [1.29, 1.82) is 0 Å². The van der Waals surface area contributed by atoms with Crippen LogP contribution in [0.5, 0.6) is 0 Å². The van der Waals surface area contributed by atoms with Crippen molar-refractivity contribution in [2.45, 2.75) is 0 Å². The quantitative estimate of drug-likeness (QED) is 0.244. The van der Waals surface area contributed by atoms with Crippen LogP contribution >= 0.6 is 15.9 Å². The molecular weight excluding hydrogens is 420 g/mol. The van der Waals surface area contributed by atoms with E-state index in [0.29, 0.717) is 55.8 Å². The van der Waals surface area contributed by atoms with Crippen LogP contribution in [0.1, 0.15) is 0 Å². The first-order valence-electron chi connectivity index (χ1n) is 8.92. The maximum Gasteiger partial charge on any atom is 0.196 e. The van der Waals surface area contributed by atoms with Gasteiger partial charge in [0.05, 0.1) is 21.8 Å². The molecular formula is C22H15BrN2O3. The summed E-state index contributed by atoms with van der Waals surface area (Å²) in [6.45, 7) is 0.609. The minimum atomic E-state index is -0.181. The fourth-order valence-corrected chi connectivity index (χ4v) is 3.91. The Bertz CT molecular complexity index is 1500. The van der Waals surface area contributed by atoms with Crippen molar-refractivity contribution < 1.29 is 4.42 Å². The Morgan fingerprint density at radius 2 is 1.57 bits per heavy atom. The van der Waals surface area contributed by atoms with Crippen molar-refractivity contribution >= 4 is 65.4 Å². The number of halogens is 1. The van der Waals surface area contributed by atoms with E-state index in [4.69, 9.17) is 4.42 Å². The van der Waals surface area contributed by atoms with Crippen LogP contribution in [-0.2, 0) is 0 Å². The van der Waals surface area contributed by atoms with Gasteiger partial charge in [0.25, 0.3) is 0 Å². The highest BCUT2D eigenvalue weighted by Crippen LogP contribution is 2.30. The number of para-hydroxylation sites is 2. The molecule has 0 amide bonds. The van der Waals surface area contributed by atoms with Crippen LogP contribution in [0.3, 0.4) is 0 Å². The standard InChI is InChI=1S/C22H15BrN2O3/c23-9-10-24-15-11-17-20(25-14-7-3-4-8-16(14)28-17)19-18(15)21(26)12-5-1-2-6-13(12)22(19)27/h1-8,11,24-25H,9-10H2. The zero-order valence-electron chi connectivity index (χ0n) is 14.7. The van der Waals surface area contributed by atoms with E-state index in [9.17, 15) is 9.59 Å². The van der Waals surface area contributed by atoms with Gasteiger partial charge in [-0.2, -0.15) is 0 Å².